The van der Waals surface area contributed by atoms with Gasteiger partial charge in [0.2, 0.25) is 11.7 Å². The summed E-state index contributed by atoms with van der Waals surface area (Å²) in [6.45, 7) is 4.28. The molecule has 9 heteroatoms. The zero-order valence-electron chi connectivity index (χ0n) is 20.3. The first-order valence-corrected chi connectivity index (χ1v) is 12.2. The topological polar surface area (TPSA) is 80.3 Å². The molecular formula is C28H25FN6O2. The summed E-state index contributed by atoms with van der Waals surface area (Å²) in [6, 6.07) is 22.3. The number of nitrogens with zero attached hydrogens (tertiary/aromatic N) is 6. The van der Waals surface area contributed by atoms with Crippen molar-refractivity contribution in [1.29, 1.82) is 0 Å². The number of piperazine rings is 1. The first-order chi connectivity index (χ1) is 18.1. The van der Waals surface area contributed by atoms with Crippen molar-refractivity contribution in [3.8, 4) is 23.0 Å². The molecule has 186 valence electrons. The minimum atomic E-state index is -0.246. The van der Waals surface area contributed by atoms with Crippen molar-refractivity contribution in [2.45, 2.75) is 13.5 Å². The van der Waals surface area contributed by atoms with Crippen LogP contribution in [0.2, 0.25) is 0 Å². The van der Waals surface area contributed by atoms with Crippen LogP contribution in [-0.2, 0) is 11.3 Å². The van der Waals surface area contributed by atoms with Gasteiger partial charge in [-0.3, -0.25) is 9.48 Å². The van der Waals surface area contributed by atoms with Crippen molar-refractivity contribution in [1.82, 2.24) is 24.8 Å². The number of fused-ring (bicyclic) bond motifs is 1. The van der Waals surface area contributed by atoms with Crippen LogP contribution in [0, 0.1) is 12.7 Å². The van der Waals surface area contributed by atoms with Crippen molar-refractivity contribution >= 4 is 22.5 Å². The van der Waals surface area contributed by atoms with Gasteiger partial charge in [-0.25, -0.2) is 4.39 Å². The number of hydrogen-bond acceptors (Lipinski definition) is 6. The highest BCUT2D eigenvalue weighted by molar-refractivity contribution is 5.92. The summed E-state index contributed by atoms with van der Waals surface area (Å²) in [5, 5.41) is 9.67. The normalized spacial score (nSPS) is 13.9. The molecule has 0 bridgehead atoms. The third-order valence-electron chi connectivity index (χ3n) is 6.71. The van der Waals surface area contributed by atoms with E-state index in [4.69, 9.17) is 9.62 Å². The summed E-state index contributed by atoms with van der Waals surface area (Å²) in [6.07, 6.45) is 0. The van der Waals surface area contributed by atoms with E-state index >= 15 is 0 Å². The Morgan fingerprint density at radius 1 is 0.946 bits per heavy atom. The second-order valence-corrected chi connectivity index (χ2v) is 9.13. The predicted octanol–water partition coefficient (Wildman–Crippen LogP) is 4.55. The number of rotatable bonds is 5. The fraction of sp³-hybridized carbons (Fsp3) is 0.214. The fourth-order valence-electron chi connectivity index (χ4n) is 4.68. The summed E-state index contributed by atoms with van der Waals surface area (Å²) >= 11 is 0. The highest BCUT2D eigenvalue weighted by Gasteiger charge is 2.25. The number of anilines is 1. The Bertz CT molecular complexity index is 1570. The van der Waals surface area contributed by atoms with Gasteiger partial charge in [0.05, 0.1) is 11.2 Å². The maximum Gasteiger partial charge on any atom is 0.279 e. The fourth-order valence-corrected chi connectivity index (χ4v) is 4.68. The Kier molecular flexibility index (Phi) is 5.88. The van der Waals surface area contributed by atoms with Gasteiger partial charge in [0.25, 0.3) is 5.89 Å². The van der Waals surface area contributed by atoms with Gasteiger partial charge in [-0.15, -0.1) is 0 Å². The van der Waals surface area contributed by atoms with Crippen molar-refractivity contribution in [2.75, 3.05) is 31.1 Å². The molecule has 0 unspecified atom stereocenters. The maximum atomic E-state index is 14.2. The number of carbonyl (C=O) groups is 1. The van der Waals surface area contributed by atoms with Gasteiger partial charge in [0, 0.05) is 37.1 Å². The highest BCUT2D eigenvalue weighted by Crippen LogP contribution is 2.29. The summed E-state index contributed by atoms with van der Waals surface area (Å²) in [7, 11) is 0. The van der Waals surface area contributed by atoms with Crippen LogP contribution in [0.25, 0.3) is 33.9 Å². The van der Waals surface area contributed by atoms with Crippen LogP contribution in [0.1, 0.15) is 5.56 Å². The van der Waals surface area contributed by atoms with Crippen LogP contribution < -0.4 is 4.90 Å². The second kappa shape index (κ2) is 9.50. The standard InChI is InChI=1S/C28H25FN6O2/c1-19-10-12-20(13-11-19)27-30-28(37-32-27)26-21-6-2-4-8-23(21)35(31-26)18-25(36)34-16-14-33(15-17-34)24-9-5-3-7-22(24)29/h2-13H,14-18H2,1H3. The van der Waals surface area contributed by atoms with Crippen LogP contribution in [0.3, 0.4) is 0 Å². The number of benzene rings is 3. The molecule has 0 saturated carbocycles. The molecule has 1 aliphatic heterocycles. The summed E-state index contributed by atoms with van der Waals surface area (Å²) in [5.41, 5.74) is 3.93. The number of halogens is 1. The molecule has 3 heterocycles. The number of para-hydroxylation sites is 2. The van der Waals surface area contributed by atoms with Crippen molar-refractivity contribution in [3.63, 3.8) is 0 Å². The summed E-state index contributed by atoms with van der Waals surface area (Å²) < 4.78 is 21.4. The molecule has 1 saturated heterocycles. The number of aromatic nitrogens is 4. The van der Waals surface area contributed by atoms with E-state index in [2.05, 4.69) is 10.1 Å². The average Bonchev–Trinajstić information content (AvgIpc) is 3.55. The lowest BCUT2D eigenvalue weighted by Crippen LogP contribution is -2.49. The third-order valence-corrected chi connectivity index (χ3v) is 6.71. The first-order valence-electron chi connectivity index (χ1n) is 12.2. The third kappa shape index (κ3) is 4.44. The molecule has 0 spiro atoms. The number of carbonyl (C=O) groups excluding carboxylic acids is 1. The van der Waals surface area contributed by atoms with Crippen LogP contribution in [0.5, 0.6) is 0 Å². The maximum absolute atomic E-state index is 14.2. The molecule has 5 aromatic rings. The molecule has 1 amide bonds. The number of aryl methyl sites for hydroxylation is 1. The van der Waals surface area contributed by atoms with E-state index in [1.54, 1.807) is 21.7 Å². The molecule has 6 rings (SSSR count). The minimum Gasteiger partial charge on any atom is -0.366 e. The lowest BCUT2D eigenvalue weighted by Gasteiger charge is -2.36. The van der Waals surface area contributed by atoms with Gasteiger partial charge in [0.1, 0.15) is 12.4 Å². The van der Waals surface area contributed by atoms with E-state index in [0.29, 0.717) is 49.3 Å². The lowest BCUT2D eigenvalue weighted by molar-refractivity contribution is -0.132. The summed E-state index contributed by atoms with van der Waals surface area (Å²) in [5.74, 6) is 0.497. The van der Waals surface area contributed by atoms with Gasteiger partial charge in [-0.1, -0.05) is 65.3 Å². The van der Waals surface area contributed by atoms with Crippen molar-refractivity contribution in [2.24, 2.45) is 0 Å². The molecule has 0 radical (unpaired) electrons. The molecule has 3 aromatic carbocycles. The van der Waals surface area contributed by atoms with Crippen LogP contribution >= 0.6 is 0 Å². The van der Waals surface area contributed by atoms with Gasteiger partial charge in [0.15, 0.2) is 5.69 Å². The van der Waals surface area contributed by atoms with Crippen molar-refractivity contribution < 1.29 is 13.7 Å². The SMILES string of the molecule is Cc1ccc(-c2noc(-c3nn(CC(=O)N4CCN(c5ccccc5F)CC4)c4ccccc34)n2)cc1. The average molecular weight is 497 g/mol. The molecule has 37 heavy (non-hydrogen) atoms. The highest BCUT2D eigenvalue weighted by atomic mass is 19.1. The number of hydrogen-bond donors (Lipinski definition) is 0. The molecule has 0 N–H and O–H groups in total. The molecule has 1 fully saturated rings. The largest absolute Gasteiger partial charge is 0.366 e. The molecule has 0 aliphatic carbocycles. The number of amides is 1. The van der Waals surface area contributed by atoms with Gasteiger partial charge in [-0.05, 0) is 25.1 Å². The predicted molar refractivity (Wildman–Crippen MR) is 138 cm³/mol. The summed E-state index contributed by atoms with van der Waals surface area (Å²) in [4.78, 5) is 21.6. The quantitative estimate of drug-likeness (QED) is 0.355. The van der Waals surface area contributed by atoms with Crippen molar-refractivity contribution in [3.05, 3.63) is 84.2 Å². The zero-order chi connectivity index (χ0) is 25.4. The Morgan fingerprint density at radius 2 is 1.68 bits per heavy atom. The van der Waals surface area contributed by atoms with E-state index in [1.807, 2.05) is 66.4 Å². The van der Waals surface area contributed by atoms with Gasteiger partial charge >= 0.3 is 0 Å². The molecule has 1 aliphatic rings. The molecule has 8 nitrogen and oxygen atoms in total. The van der Waals surface area contributed by atoms with Crippen LogP contribution in [-0.4, -0.2) is 56.9 Å². The van der Waals surface area contributed by atoms with E-state index < -0.39 is 0 Å². The van der Waals surface area contributed by atoms with Crippen LogP contribution in [0.4, 0.5) is 10.1 Å². The molecular weight excluding hydrogens is 471 g/mol. The van der Waals surface area contributed by atoms with E-state index in [1.165, 1.54) is 6.07 Å². The van der Waals surface area contributed by atoms with Gasteiger partial charge < -0.3 is 14.3 Å². The van der Waals surface area contributed by atoms with E-state index in [-0.39, 0.29) is 18.3 Å². The minimum absolute atomic E-state index is 0.0427. The zero-order valence-corrected chi connectivity index (χ0v) is 20.3. The van der Waals surface area contributed by atoms with Crippen LogP contribution in [0.15, 0.2) is 77.3 Å². The monoisotopic (exact) mass is 496 g/mol. The first kappa shape index (κ1) is 22.9. The smallest absolute Gasteiger partial charge is 0.279 e. The molecule has 2 aromatic heterocycles. The van der Waals surface area contributed by atoms with E-state index in [9.17, 15) is 9.18 Å². The lowest BCUT2D eigenvalue weighted by atomic mass is 10.1. The Balaban J connectivity index is 1.21. The second-order valence-electron chi connectivity index (χ2n) is 9.13. The Labute approximate surface area is 212 Å². The van der Waals surface area contributed by atoms with E-state index in [0.717, 1.165) is 22.0 Å². The Hall–Kier alpha value is -4.53. The Morgan fingerprint density at radius 3 is 2.46 bits per heavy atom. The van der Waals surface area contributed by atoms with Gasteiger partial charge in [-0.2, -0.15) is 10.1 Å². The molecule has 0 atom stereocenters.